The van der Waals surface area contributed by atoms with Crippen molar-refractivity contribution in [2.75, 3.05) is 7.11 Å². The van der Waals surface area contributed by atoms with Crippen LogP contribution in [-0.4, -0.2) is 29.7 Å². The maximum atomic E-state index is 13.6. The zero-order chi connectivity index (χ0) is 25.3. The van der Waals surface area contributed by atoms with Crippen LogP contribution >= 0.6 is 22.9 Å². The van der Waals surface area contributed by atoms with Gasteiger partial charge >= 0.3 is 11.9 Å². The number of nitrogens with zero attached hydrogens (tertiary/aromatic N) is 2. The van der Waals surface area contributed by atoms with Crippen molar-refractivity contribution in [3.63, 3.8) is 0 Å². The fourth-order valence-electron chi connectivity index (χ4n) is 3.84. The van der Waals surface area contributed by atoms with E-state index in [1.54, 1.807) is 69.3 Å². The van der Waals surface area contributed by atoms with E-state index in [1.165, 1.54) is 23.0 Å². The molecule has 2 aromatic carbocycles. The van der Waals surface area contributed by atoms with Crippen LogP contribution in [0.1, 0.15) is 48.3 Å². The van der Waals surface area contributed by atoms with Gasteiger partial charge in [0.15, 0.2) is 4.80 Å². The van der Waals surface area contributed by atoms with E-state index in [2.05, 4.69) is 4.99 Å². The summed E-state index contributed by atoms with van der Waals surface area (Å²) in [7, 11) is 1.31. The van der Waals surface area contributed by atoms with E-state index in [1.807, 2.05) is 6.07 Å². The van der Waals surface area contributed by atoms with E-state index < -0.39 is 18.0 Å². The first kappa shape index (κ1) is 24.6. The SMILES string of the molecule is COC(=O)c1ccc(C2C(C(=O)OC(C)C)=C(C)N=c3sc(=Cc4cccc(Cl)c4)c(=O)n32)cc1. The van der Waals surface area contributed by atoms with Crippen LogP contribution in [-0.2, 0) is 14.3 Å². The molecule has 0 aliphatic carbocycles. The molecule has 1 atom stereocenters. The average Bonchev–Trinajstić information content (AvgIpc) is 3.11. The standard InChI is InChI=1S/C26H23ClN2O5S/c1-14(2)34-25(32)21-15(3)28-26-29(22(21)17-8-10-18(11-9-17)24(31)33-4)23(30)20(35-26)13-16-6-5-7-19(27)12-16/h5-14,22H,1-4H3. The number of allylic oxidation sites excluding steroid dienone is 1. The molecule has 0 fully saturated rings. The number of halogens is 1. The summed E-state index contributed by atoms with van der Waals surface area (Å²) in [5.41, 5.74) is 2.21. The summed E-state index contributed by atoms with van der Waals surface area (Å²) in [6.07, 6.45) is 1.40. The van der Waals surface area contributed by atoms with E-state index in [0.717, 1.165) is 5.56 Å². The number of benzene rings is 2. The van der Waals surface area contributed by atoms with Crippen LogP contribution in [0.2, 0.25) is 5.02 Å². The second-order valence-corrected chi connectivity index (χ2v) is 9.65. The molecule has 0 radical (unpaired) electrons. The van der Waals surface area contributed by atoms with Gasteiger partial charge in [-0.2, -0.15) is 0 Å². The van der Waals surface area contributed by atoms with Crippen LogP contribution in [0.5, 0.6) is 0 Å². The van der Waals surface area contributed by atoms with Gasteiger partial charge in [-0.3, -0.25) is 9.36 Å². The molecule has 9 heteroatoms. The molecule has 0 amide bonds. The number of rotatable bonds is 5. The van der Waals surface area contributed by atoms with Crippen molar-refractivity contribution in [3.05, 3.63) is 101 Å². The molecule has 0 saturated carbocycles. The fraction of sp³-hybridized carbons (Fsp3) is 0.231. The minimum atomic E-state index is -0.772. The number of methoxy groups -OCH3 is 1. The van der Waals surface area contributed by atoms with Crippen molar-refractivity contribution < 1.29 is 19.1 Å². The number of ether oxygens (including phenoxy) is 2. The lowest BCUT2D eigenvalue weighted by atomic mass is 9.95. The Balaban J connectivity index is 1.92. The molecule has 180 valence electrons. The Labute approximate surface area is 210 Å². The molecule has 1 unspecified atom stereocenters. The van der Waals surface area contributed by atoms with Crippen molar-refractivity contribution in [3.8, 4) is 0 Å². The highest BCUT2D eigenvalue weighted by molar-refractivity contribution is 7.07. The molecule has 3 aromatic rings. The number of thiazole rings is 1. The van der Waals surface area contributed by atoms with Crippen LogP contribution in [0.15, 0.2) is 69.6 Å². The molecule has 35 heavy (non-hydrogen) atoms. The minimum absolute atomic E-state index is 0.270. The topological polar surface area (TPSA) is 87.0 Å². The van der Waals surface area contributed by atoms with Gasteiger partial charge in [-0.1, -0.05) is 47.2 Å². The Bertz CT molecular complexity index is 1520. The molecule has 7 nitrogen and oxygen atoms in total. The number of carbonyl (C=O) groups is 2. The van der Waals surface area contributed by atoms with Gasteiger partial charge in [-0.05, 0) is 62.2 Å². The molecule has 4 rings (SSSR count). The van der Waals surface area contributed by atoms with Crippen LogP contribution in [0, 0.1) is 0 Å². The third-order valence-electron chi connectivity index (χ3n) is 5.38. The Morgan fingerprint density at radius 2 is 1.86 bits per heavy atom. The molecule has 2 heterocycles. The first-order valence-electron chi connectivity index (χ1n) is 10.9. The molecule has 0 saturated heterocycles. The highest BCUT2D eigenvalue weighted by Gasteiger charge is 2.33. The van der Waals surface area contributed by atoms with Gasteiger partial charge in [-0.25, -0.2) is 14.6 Å². The quantitative estimate of drug-likeness (QED) is 0.489. The first-order chi connectivity index (χ1) is 16.7. The second-order valence-electron chi connectivity index (χ2n) is 8.20. The van der Waals surface area contributed by atoms with Crippen molar-refractivity contribution >= 4 is 41.0 Å². The molecule has 0 bridgehead atoms. The predicted molar refractivity (Wildman–Crippen MR) is 134 cm³/mol. The summed E-state index contributed by atoms with van der Waals surface area (Å²) in [5, 5.41) is 0.560. The minimum Gasteiger partial charge on any atom is -0.465 e. The maximum Gasteiger partial charge on any atom is 0.338 e. The molecule has 1 aliphatic rings. The molecule has 0 spiro atoms. The highest BCUT2D eigenvalue weighted by atomic mass is 35.5. The van der Waals surface area contributed by atoms with E-state index in [0.29, 0.717) is 31.2 Å². The highest BCUT2D eigenvalue weighted by Crippen LogP contribution is 2.31. The second kappa shape index (κ2) is 10.0. The zero-order valence-corrected chi connectivity index (χ0v) is 21.1. The normalized spacial score (nSPS) is 15.6. The van der Waals surface area contributed by atoms with Gasteiger partial charge in [0.2, 0.25) is 0 Å². The number of fused-ring (bicyclic) bond motifs is 1. The number of hydrogen-bond acceptors (Lipinski definition) is 7. The number of aromatic nitrogens is 1. The van der Waals surface area contributed by atoms with Crippen LogP contribution < -0.4 is 14.9 Å². The third kappa shape index (κ3) is 4.99. The Morgan fingerprint density at radius 1 is 1.14 bits per heavy atom. The largest absolute Gasteiger partial charge is 0.465 e. The van der Waals surface area contributed by atoms with Gasteiger partial charge < -0.3 is 9.47 Å². The van der Waals surface area contributed by atoms with Gasteiger partial charge in [0, 0.05) is 5.02 Å². The van der Waals surface area contributed by atoms with Gasteiger partial charge in [-0.15, -0.1) is 0 Å². The van der Waals surface area contributed by atoms with Gasteiger partial charge in [0.05, 0.1) is 40.6 Å². The van der Waals surface area contributed by atoms with Gasteiger partial charge in [0.1, 0.15) is 0 Å². The van der Waals surface area contributed by atoms with E-state index >= 15 is 0 Å². The van der Waals surface area contributed by atoms with E-state index in [-0.39, 0.29) is 17.2 Å². The van der Waals surface area contributed by atoms with E-state index in [9.17, 15) is 14.4 Å². The molecular weight excluding hydrogens is 488 g/mol. The van der Waals surface area contributed by atoms with Crippen LogP contribution in [0.3, 0.4) is 0 Å². The van der Waals surface area contributed by atoms with Crippen molar-refractivity contribution in [1.82, 2.24) is 4.57 Å². The lowest BCUT2D eigenvalue weighted by Crippen LogP contribution is -2.40. The number of esters is 2. The molecular formula is C26H23ClN2O5S. The summed E-state index contributed by atoms with van der Waals surface area (Å²) < 4.78 is 12.2. The summed E-state index contributed by atoms with van der Waals surface area (Å²) in [5.74, 6) is -1.03. The lowest BCUT2D eigenvalue weighted by molar-refractivity contribution is -0.143. The number of carbonyl (C=O) groups excluding carboxylic acids is 2. The third-order valence-corrected chi connectivity index (χ3v) is 6.60. The summed E-state index contributed by atoms with van der Waals surface area (Å²) in [4.78, 5) is 43.7. The van der Waals surface area contributed by atoms with Crippen molar-refractivity contribution in [2.45, 2.75) is 32.9 Å². The van der Waals surface area contributed by atoms with Gasteiger partial charge in [0.25, 0.3) is 5.56 Å². The van der Waals surface area contributed by atoms with Crippen LogP contribution in [0.4, 0.5) is 0 Å². The summed E-state index contributed by atoms with van der Waals surface area (Å²) in [6, 6.07) is 13.0. The molecule has 1 aromatic heterocycles. The van der Waals surface area contributed by atoms with Crippen LogP contribution in [0.25, 0.3) is 6.08 Å². The Morgan fingerprint density at radius 3 is 2.49 bits per heavy atom. The number of hydrogen-bond donors (Lipinski definition) is 0. The zero-order valence-electron chi connectivity index (χ0n) is 19.6. The van der Waals surface area contributed by atoms with Crippen molar-refractivity contribution in [2.24, 2.45) is 4.99 Å². The average molecular weight is 511 g/mol. The smallest absolute Gasteiger partial charge is 0.338 e. The lowest BCUT2D eigenvalue weighted by Gasteiger charge is -2.25. The molecule has 1 aliphatic heterocycles. The predicted octanol–water partition coefficient (Wildman–Crippen LogP) is 3.63. The Hall–Kier alpha value is -3.49. The summed E-state index contributed by atoms with van der Waals surface area (Å²) in [6.45, 7) is 5.24. The fourth-order valence-corrected chi connectivity index (χ4v) is 5.09. The molecule has 0 N–H and O–H groups in total. The van der Waals surface area contributed by atoms with E-state index in [4.69, 9.17) is 21.1 Å². The maximum absolute atomic E-state index is 13.6. The Kier molecular flexibility index (Phi) is 7.05. The summed E-state index contributed by atoms with van der Waals surface area (Å²) >= 11 is 7.33. The first-order valence-corrected chi connectivity index (χ1v) is 12.1. The monoisotopic (exact) mass is 510 g/mol. The van der Waals surface area contributed by atoms with Crippen molar-refractivity contribution in [1.29, 1.82) is 0 Å².